The summed E-state index contributed by atoms with van der Waals surface area (Å²) < 4.78 is 5.62. The number of β-amino-alcohol motifs (C(OH)–C–C–N with tert-alkyl or cyclic N) is 1. The van der Waals surface area contributed by atoms with Gasteiger partial charge in [0.15, 0.2) is 0 Å². The standard InChI is InChI=1S/C16H26N2O2/c1-3-17-8-10-18(11-9-17)12-15(19)13-20-16-6-4-14(2)5-7-16/h4-7,15,19H,3,8-13H2,1-2H3. The van der Waals surface area contributed by atoms with Crippen molar-refractivity contribution < 1.29 is 9.84 Å². The molecular weight excluding hydrogens is 252 g/mol. The third kappa shape index (κ3) is 4.78. The van der Waals surface area contributed by atoms with Crippen molar-refractivity contribution in [1.29, 1.82) is 0 Å². The normalized spacial score (nSPS) is 18.9. The SMILES string of the molecule is CCN1CCN(CC(O)COc2ccc(C)cc2)CC1. The highest BCUT2D eigenvalue weighted by atomic mass is 16.5. The molecule has 0 aromatic heterocycles. The first-order chi connectivity index (χ1) is 9.67. The molecular formula is C16H26N2O2. The first-order valence-corrected chi connectivity index (χ1v) is 7.49. The summed E-state index contributed by atoms with van der Waals surface area (Å²) in [5, 5.41) is 10.1. The monoisotopic (exact) mass is 278 g/mol. The van der Waals surface area contributed by atoms with Crippen LogP contribution in [0.25, 0.3) is 0 Å². The van der Waals surface area contributed by atoms with E-state index in [1.807, 2.05) is 24.3 Å². The molecule has 20 heavy (non-hydrogen) atoms. The number of hydrogen-bond acceptors (Lipinski definition) is 4. The van der Waals surface area contributed by atoms with Gasteiger partial charge in [0.25, 0.3) is 0 Å². The molecule has 0 spiro atoms. The number of hydrogen-bond donors (Lipinski definition) is 1. The molecule has 0 aliphatic carbocycles. The quantitative estimate of drug-likeness (QED) is 0.852. The second kappa shape index (κ2) is 7.62. The lowest BCUT2D eigenvalue weighted by Gasteiger charge is -2.34. The number of piperazine rings is 1. The fraction of sp³-hybridized carbons (Fsp3) is 0.625. The van der Waals surface area contributed by atoms with Gasteiger partial charge in [0.05, 0.1) is 0 Å². The van der Waals surface area contributed by atoms with Crippen molar-refractivity contribution in [3.63, 3.8) is 0 Å². The van der Waals surface area contributed by atoms with Crippen molar-refractivity contribution in [1.82, 2.24) is 9.80 Å². The largest absolute Gasteiger partial charge is 0.491 e. The highest BCUT2D eigenvalue weighted by molar-refractivity contribution is 5.26. The molecule has 0 bridgehead atoms. The Balaban J connectivity index is 1.68. The molecule has 1 unspecified atom stereocenters. The van der Waals surface area contributed by atoms with Crippen LogP contribution < -0.4 is 4.74 Å². The molecule has 0 radical (unpaired) electrons. The Labute approximate surface area is 122 Å². The van der Waals surface area contributed by atoms with Crippen LogP contribution in [0.2, 0.25) is 0 Å². The van der Waals surface area contributed by atoms with Gasteiger partial charge in [-0.15, -0.1) is 0 Å². The van der Waals surface area contributed by atoms with Gasteiger partial charge in [-0.3, -0.25) is 4.90 Å². The van der Waals surface area contributed by atoms with Gasteiger partial charge in [-0.1, -0.05) is 24.6 Å². The molecule has 1 atom stereocenters. The van der Waals surface area contributed by atoms with Crippen molar-refractivity contribution in [2.24, 2.45) is 0 Å². The Kier molecular flexibility index (Phi) is 5.83. The summed E-state index contributed by atoms with van der Waals surface area (Å²) >= 11 is 0. The molecule has 112 valence electrons. The van der Waals surface area contributed by atoms with Gasteiger partial charge in [0.2, 0.25) is 0 Å². The number of aliphatic hydroxyl groups excluding tert-OH is 1. The molecule has 1 N–H and O–H groups in total. The zero-order valence-corrected chi connectivity index (χ0v) is 12.6. The van der Waals surface area contributed by atoms with E-state index >= 15 is 0 Å². The summed E-state index contributed by atoms with van der Waals surface area (Å²) in [5.74, 6) is 0.824. The van der Waals surface area contributed by atoms with Crippen LogP contribution in [0.5, 0.6) is 5.75 Å². The Morgan fingerprint density at radius 3 is 2.30 bits per heavy atom. The summed E-state index contributed by atoms with van der Waals surface area (Å²) in [7, 11) is 0. The molecule has 1 aromatic carbocycles. The van der Waals surface area contributed by atoms with E-state index in [2.05, 4.69) is 23.6 Å². The first-order valence-electron chi connectivity index (χ1n) is 7.49. The number of aliphatic hydroxyl groups is 1. The van der Waals surface area contributed by atoms with Gasteiger partial charge in [-0.05, 0) is 25.6 Å². The fourth-order valence-electron chi connectivity index (χ4n) is 2.47. The molecule has 1 fully saturated rings. The average Bonchev–Trinajstić information content (AvgIpc) is 2.47. The van der Waals surface area contributed by atoms with Crippen LogP contribution in [-0.2, 0) is 0 Å². The highest BCUT2D eigenvalue weighted by Crippen LogP contribution is 2.12. The minimum absolute atomic E-state index is 0.358. The van der Waals surface area contributed by atoms with E-state index in [1.165, 1.54) is 5.56 Å². The maximum absolute atomic E-state index is 10.1. The van der Waals surface area contributed by atoms with Crippen LogP contribution in [0, 0.1) is 6.92 Å². The number of likely N-dealkylation sites (N-methyl/N-ethyl adjacent to an activating group) is 1. The zero-order chi connectivity index (χ0) is 14.4. The first kappa shape index (κ1) is 15.3. The molecule has 4 heteroatoms. The lowest BCUT2D eigenvalue weighted by Crippen LogP contribution is -2.49. The molecule has 1 aliphatic heterocycles. The topological polar surface area (TPSA) is 35.9 Å². The zero-order valence-electron chi connectivity index (χ0n) is 12.6. The van der Waals surface area contributed by atoms with Gasteiger partial charge < -0.3 is 14.7 Å². The van der Waals surface area contributed by atoms with E-state index in [1.54, 1.807) is 0 Å². The molecule has 0 amide bonds. The van der Waals surface area contributed by atoms with Crippen molar-refractivity contribution >= 4 is 0 Å². The van der Waals surface area contributed by atoms with Crippen LogP contribution in [0.3, 0.4) is 0 Å². The van der Waals surface area contributed by atoms with Crippen LogP contribution in [-0.4, -0.2) is 66.9 Å². The van der Waals surface area contributed by atoms with E-state index in [0.29, 0.717) is 13.2 Å². The van der Waals surface area contributed by atoms with Crippen LogP contribution >= 0.6 is 0 Å². The molecule has 4 nitrogen and oxygen atoms in total. The number of aryl methyl sites for hydroxylation is 1. The van der Waals surface area contributed by atoms with Gasteiger partial charge in [0.1, 0.15) is 18.5 Å². The third-order valence-electron chi connectivity index (χ3n) is 3.84. The second-order valence-corrected chi connectivity index (χ2v) is 5.51. The lowest BCUT2D eigenvalue weighted by molar-refractivity contribution is 0.0471. The smallest absolute Gasteiger partial charge is 0.119 e. The number of nitrogens with zero attached hydrogens (tertiary/aromatic N) is 2. The molecule has 2 rings (SSSR count). The third-order valence-corrected chi connectivity index (χ3v) is 3.84. The number of ether oxygens (including phenoxy) is 1. The minimum Gasteiger partial charge on any atom is -0.491 e. The Morgan fingerprint density at radius 2 is 1.70 bits per heavy atom. The number of benzene rings is 1. The van der Waals surface area contributed by atoms with Gasteiger partial charge in [-0.2, -0.15) is 0 Å². The maximum Gasteiger partial charge on any atom is 0.119 e. The summed E-state index contributed by atoms with van der Waals surface area (Å²) in [4.78, 5) is 4.75. The fourth-order valence-corrected chi connectivity index (χ4v) is 2.47. The summed E-state index contributed by atoms with van der Waals surface area (Å²) in [6.07, 6.45) is -0.426. The minimum atomic E-state index is -0.426. The van der Waals surface area contributed by atoms with E-state index in [0.717, 1.165) is 38.5 Å². The molecule has 0 saturated carbocycles. The van der Waals surface area contributed by atoms with Gasteiger partial charge in [0, 0.05) is 32.7 Å². The van der Waals surface area contributed by atoms with E-state index in [4.69, 9.17) is 4.74 Å². The Morgan fingerprint density at radius 1 is 1.10 bits per heavy atom. The van der Waals surface area contributed by atoms with Crippen LogP contribution in [0.1, 0.15) is 12.5 Å². The van der Waals surface area contributed by atoms with E-state index < -0.39 is 6.10 Å². The summed E-state index contributed by atoms with van der Waals surface area (Å²) in [5.41, 5.74) is 1.21. The Hall–Kier alpha value is -1.10. The summed E-state index contributed by atoms with van der Waals surface area (Å²) in [6, 6.07) is 7.93. The van der Waals surface area contributed by atoms with Crippen molar-refractivity contribution in [3.8, 4) is 5.75 Å². The lowest BCUT2D eigenvalue weighted by atomic mass is 10.2. The molecule has 1 aromatic rings. The van der Waals surface area contributed by atoms with Crippen LogP contribution in [0.4, 0.5) is 0 Å². The van der Waals surface area contributed by atoms with Crippen molar-refractivity contribution in [2.75, 3.05) is 45.9 Å². The molecule has 1 saturated heterocycles. The second-order valence-electron chi connectivity index (χ2n) is 5.51. The average molecular weight is 278 g/mol. The predicted octanol–water partition coefficient (Wildman–Crippen LogP) is 1.37. The van der Waals surface area contributed by atoms with Crippen molar-refractivity contribution in [3.05, 3.63) is 29.8 Å². The van der Waals surface area contributed by atoms with Crippen LogP contribution in [0.15, 0.2) is 24.3 Å². The highest BCUT2D eigenvalue weighted by Gasteiger charge is 2.18. The Bertz CT molecular complexity index is 386. The number of rotatable bonds is 6. The summed E-state index contributed by atoms with van der Waals surface area (Å²) in [6.45, 7) is 10.7. The maximum atomic E-state index is 10.1. The molecule has 1 heterocycles. The van der Waals surface area contributed by atoms with Gasteiger partial charge >= 0.3 is 0 Å². The van der Waals surface area contributed by atoms with Crippen molar-refractivity contribution in [2.45, 2.75) is 20.0 Å². The molecule has 1 aliphatic rings. The van der Waals surface area contributed by atoms with E-state index in [-0.39, 0.29) is 0 Å². The van der Waals surface area contributed by atoms with Gasteiger partial charge in [-0.25, -0.2) is 0 Å². The van der Waals surface area contributed by atoms with E-state index in [9.17, 15) is 5.11 Å². The predicted molar refractivity (Wildman–Crippen MR) is 81.2 cm³/mol.